The van der Waals surface area contributed by atoms with Gasteiger partial charge in [-0.15, -0.1) is 0 Å². The third kappa shape index (κ3) is 2.14. The summed E-state index contributed by atoms with van der Waals surface area (Å²) in [4.78, 5) is 0. The lowest BCUT2D eigenvalue weighted by Crippen LogP contribution is -2.45. The van der Waals surface area contributed by atoms with Crippen molar-refractivity contribution in [2.24, 2.45) is 35.0 Å². The molecule has 1 nitrogen and oxygen atoms in total. The number of hydrogen-bond acceptors (Lipinski definition) is 1. The van der Waals surface area contributed by atoms with Gasteiger partial charge in [-0.3, -0.25) is 0 Å². The Morgan fingerprint density at radius 3 is 2.76 bits per heavy atom. The highest BCUT2D eigenvalue weighted by Crippen LogP contribution is 2.61. The maximum Gasteiger partial charge on any atom is 0.0596 e. The third-order valence-corrected chi connectivity index (χ3v) is 8.03. The highest BCUT2D eigenvalue weighted by atomic mass is 16.3. The fraction of sp³-hybridized carbons (Fsp3) is 0.900. The number of allylic oxidation sites excluding steroid dienone is 2. The van der Waals surface area contributed by atoms with Gasteiger partial charge in [-0.1, -0.05) is 25.0 Å². The van der Waals surface area contributed by atoms with Crippen molar-refractivity contribution in [2.75, 3.05) is 0 Å². The predicted octanol–water partition coefficient (Wildman–Crippen LogP) is 4.95. The van der Waals surface area contributed by atoms with E-state index in [2.05, 4.69) is 19.9 Å². The molecule has 0 aromatic heterocycles. The molecule has 3 saturated carbocycles. The Morgan fingerprint density at radius 1 is 1.05 bits per heavy atom. The van der Waals surface area contributed by atoms with Crippen molar-refractivity contribution < 1.29 is 5.11 Å². The molecule has 21 heavy (non-hydrogen) atoms. The van der Waals surface area contributed by atoms with Gasteiger partial charge >= 0.3 is 0 Å². The molecule has 1 N–H and O–H groups in total. The second kappa shape index (κ2) is 5.11. The quantitative estimate of drug-likeness (QED) is 0.626. The van der Waals surface area contributed by atoms with Crippen LogP contribution in [0.15, 0.2) is 11.6 Å². The lowest BCUT2D eigenvalue weighted by atomic mass is 9.55. The zero-order valence-corrected chi connectivity index (χ0v) is 13.9. The van der Waals surface area contributed by atoms with Gasteiger partial charge in [0.2, 0.25) is 0 Å². The van der Waals surface area contributed by atoms with Gasteiger partial charge in [0, 0.05) is 0 Å². The Balaban J connectivity index is 1.62. The van der Waals surface area contributed by atoms with Crippen LogP contribution in [0.1, 0.15) is 71.6 Å². The molecule has 0 aromatic carbocycles. The van der Waals surface area contributed by atoms with E-state index in [1.165, 1.54) is 51.4 Å². The van der Waals surface area contributed by atoms with Crippen molar-refractivity contribution in [3.05, 3.63) is 11.6 Å². The van der Waals surface area contributed by atoms with Crippen LogP contribution in [-0.2, 0) is 0 Å². The number of rotatable bonds is 0. The molecule has 1 heteroatoms. The van der Waals surface area contributed by atoms with E-state index in [4.69, 9.17) is 0 Å². The zero-order valence-electron chi connectivity index (χ0n) is 13.9. The molecule has 4 aliphatic carbocycles. The number of hydrogen-bond donors (Lipinski definition) is 1. The second-order valence-corrected chi connectivity index (χ2v) is 8.92. The molecule has 0 heterocycles. The molecule has 4 aliphatic rings. The van der Waals surface area contributed by atoms with E-state index in [0.717, 1.165) is 36.0 Å². The Labute approximate surface area is 130 Å². The average molecular weight is 288 g/mol. The lowest BCUT2D eigenvalue weighted by Gasteiger charge is -2.50. The van der Waals surface area contributed by atoms with Gasteiger partial charge in [-0.2, -0.15) is 0 Å². The Hall–Kier alpha value is -0.300. The smallest absolute Gasteiger partial charge is 0.0596 e. The first-order chi connectivity index (χ1) is 10.1. The fourth-order valence-electron chi connectivity index (χ4n) is 6.87. The maximum absolute atomic E-state index is 10.5. The summed E-state index contributed by atoms with van der Waals surface area (Å²) in [6, 6.07) is 0. The summed E-state index contributed by atoms with van der Waals surface area (Å²) >= 11 is 0. The average Bonchev–Trinajstić information content (AvgIpc) is 2.66. The van der Waals surface area contributed by atoms with E-state index in [1.54, 1.807) is 5.57 Å². The minimum Gasteiger partial charge on any atom is -0.393 e. The molecule has 4 rings (SSSR count). The van der Waals surface area contributed by atoms with Crippen LogP contribution in [0.3, 0.4) is 0 Å². The number of aliphatic hydroxyl groups is 1. The van der Waals surface area contributed by atoms with E-state index in [9.17, 15) is 5.11 Å². The standard InChI is InChI=1S/C20H32O/c1-13-6-7-15-14(12-13)4-3-5-17-16(15)10-11-20(2)18(17)8-9-19(20)21/h6,14-19,21H,3-5,7-12H2,1-2H3/t14-,15?,16?,17?,18?,19?,20-/m0/s1. The van der Waals surface area contributed by atoms with E-state index in [1.807, 2.05) is 0 Å². The molecule has 0 saturated heterocycles. The molecule has 118 valence electrons. The van der Waals surface area contributed by atoms with Gasteiger partial charge in [0.1, 0.15) is 0 Å². The van der Waals surface area contributed by atoms with E-state index in [-0.39, 0.29) is 11.5 Å². The van der Waals surface area contributed by atoms with Gasteiger partial charge < -0.3 is 5.11 Å². The first kappa shape index (κ1) is 14.3. The van der Waals surface area contributed by atoms with Crippen molar-refractivity contribution in [3.63, 3.8) is 0 Å². The summed E-state index contributed by atoms with van der Waals surface area (Å²) < 4.78 is 0. The molecule has 0 radical (unpaired) electrons. The molecule has 7 atom stereocenters. The van der Waals surface area contributed by atoms with Crippen LogP contribution in [0.4, 0.5) is 0 Å². The van der Waals surface area contributed by atoms with Crippen LogP contribution in [0, 0.1) is 35.0 Å². The van der Waals surface area contributed by atoms with Crippen LogP contribution < -0.4 is 0 Å². The molecule has 0 aromatic rings. The number of fused-ring (bicyclic) bond motifs is 5. The zero-order chi connectivity index (χ0) is 14.6. The molecular formula is C20H32O. The minimum absolute atomic E-state index is 0.0176. The second-order valence-electron chi connectivity index (χ2n) is 8.92. The first-order valence-corrected chi connectivity index (χ1v) is 9.43. The van der Waals surface area contributed by atoms with Crippen LogP contribution in [0.25, 0.3) is 0 Å². The van der Waals surface area contributed by atoms with Crippen LogP contribution in [-0.4, -0.2) is 11.2 Å². The van der Waals surface area contributed by atoms with Crippen molar-refractivity contribution in [1.82, 2.24) is 0 Å². The highest BCUT2D eigenvalue weighted by Gasteiger charge is 2.55. The summed E-state index contributed by atoms with van der Waals surface area (Å²) in [5, 5.41) is 10.5. The molecular weight excluding hydrogens is 256 g/mol. The SMILES string of the molecule is CC1=CCC2C3CC[C@]4(C)C(O)CCC4C3CCC[C@H]2C1. The van der Waals surface area contributed by atoms with Crippen molar-refractivity contribution in [3.8, 4) is 0 Å². The van der Waals surface area contributed by atoms with E-state index >= 15 is 0 Å². The van der Waals surface area contributed by atoms with Crippen molar-refractivity contribution in [2.45, 2.75) is 77.7 Å². The van der Waals surface area contributed by atoms with Crippen LogP contribution in [0.2, 0.25) is 0 Å². The molecule has 0 amide bonds. The first-order valence-electron chi connectivity index (χ1n) is 9.43. The Bertz CT molecular complexity index is 439. The maximum atomic E-state index is 10.5. The van der Waals surface area contributed by atoms with E-state index in [0.29, 0.717) is 0 Å². The van der Waals surface area contributed by atoms with E-state index < -0.39 is 0 Å². The molecule has 0 aliphatic heterocycles. The van der Waals surface area contributed by atoms with Gasteiger partial charge in [0.05, 0.1) is 6.10 Å². The fourth-order valence-corrected chi connectivity index (χ4v) is 6.87. The summed E-state index contributed by atoms with van der Waals surface area (Å²) in [5.74, 6) is 4.63. The van der Waals surface area contributed by atoms with Gasteiger partial charge in [0.25, 0.3) is 0 Å². The molecule has 0 bridgehead atoms. The van der Waals surface area contributed by atoms with Crippen LogP contribution >= 0.6 is 0 Å². The Kier molecular flexibility index (Phi) is 3.48. The summed E-state index contributed by atoms with van der Waals surface area (Å²) in [6.07, 6.45) is 14.6. The van der Waals surface area contributed by atoms with Gasteiger partial charge in [-0.05, 0) is 93.3 Å². The normalized spacial score (nSPS) is 53.2. The third-order valence-electron chi connectivity index (χ3n) is 8.03. The molecule has 5 unspecified atom stereocenters. The largest absolute Gasteiger partial charge is 0.393 e. The Morgan fingerprint density at radius 2 is 1.90 bits per heavy atom. The monoisotopic (exact) mass is 288 g/mol. The lowest BCUT2D eigenvalue weighted by molar-refractivity contribution is -0.0496. The minimum atomic E-state index is -0.0176. The highest BCUT2D eigenvalue weighted by molar-refractivity contribution is 5.11. The topological polar surface area (TPSA) is 20.2 Å². The van der Waals surface area contributed by atoms with Gasteiger partial charge in [0.15, 0.2) is 0 Å². The van der Waals surface area contributed by atoms with Gasteiger partial charge in [-0.25, -0.2) is 0 Å². The van der Waals surface area contributed by atoms with Crippen LogP contribution in [0.5, 0.6) is 0 Å². The predicted molar refractivity (Wildman–Crippen MR) is 86.9 cm³/mol. The number of aliphatic hydroxyl groups excluding tert-OH is 1. The molecule has 3 fully saturated rings. The van der Waals surface area contributed by atoms with Crippen molar-refractivity contribution >= 4 is 0 Å². The summed E-state index contributed by atoms with van der Waals surface area (Å²) in [5.41, 5.74) is 1.90. The van der Waals surface area contributed by atoms with Crippen molar-refractivity contribution in [1.29, 1.82) is 0 Å². The molecule has 0 spiro atoms. The summed E-state index contributed by atoms with van der Waals surface area (Å²) in [6.45, 7) is 4.74. The summed E-state index contributed by atoms with van der Waals surface area (Å²) in [7, 11) is 0.